The third kappa shape index (κ3) is 4.82. The molecule has 4 nitrogen and oxygen atoms in total. The first-order valence-corrected chi connectivity index (χ1v) is 9.11. The molecule has 1 aliphatic rings. The van der Waals surface area contributed by atoms with Crippen LogP contribution in [0.4, 0.5) is 15.8 Å². The summed E-state index contributed by atoms with van der Waals surface area (Å²) in [7, 11) is 0. The highest BCUT2D eigenvalue weighted by atomic mass is 19.1. The third-order valence-electron chi connectivity index (χ3n) is 4.88. The van der Waals surface area contributed by atoms with Gasteiger partial charge in [0.1, 0.15) is 5.82 Å². The molecule has 0 unspecified atom stereocenters. The van der Waals surface area contributed by atoms with Crippen LogP contribution in [0.5, 0.6) is 0 Å². The number of aryl methyl sites for hydroxylation is 2. The molecule has 0 aliphatic carbocycles. The lowest BCUT2D eigenvalue weighted by molar-refractivity contribution is -0.116. The number of halogens is 1. The minimum absolute atomic E-state index is 0.0536. The number of amides is 1. The molecule has 0 saturated carbocycles. The predicted molar refractivity (Wildman–Crippen MR) is 104 cm³/mol. The Morgan fingerprint density at radius 3 is 2.38 bits per heavy atom. The number of hydrogen-bond donors (Lipinski definition) is 1. The van der Waals surface area contributed by atoms with E-state index in [1.165, 1.54) is 17.7 Å². The van der Waals surface area contributed by atoms with E-state index in [0.717, 1.165) is 49.7 Å². The molecular weight excluding hydrogens is 329 g/mol. The van der Waals surface area contributed by atoms with Crippen molar-refractivity contribution < 1.29 is 9.18 Å². The third-order valence-corrected chi connectivity index (χ3v) is 4.88. The number of carbonyl (C=O) groups is 1. The van der Waals surface area contributed by atoms with Crippen molar-refractivity contribution >= 4 is 17.3 Å². The lowest BCUT2D eigenvalue weighted by Crippen LogP contribution is -2.47. The number of anilines is 2. The Labute approximate surface area is 154 Å². The molecule has 138 valence electrons. The zero-order chi connectivity index (χ0) is 18.5. The molecule has 0 bridgehead atoms. The molecule has 2 aromatic carbocycles. The highest BCUT2D eigenvalue weighted by Crippen LogP contribution is 2.18. The van der Waals surface area contributed by atoms with Gasteiger partial charge in [-0.25, -0.2) is 4.39 Å². The van der Waals surface area contributed by atoms with Crippen molar-refractivity contribution in [2.75, 3.05) is 42.9 Å². The first-order chi connectivity index (χ1) is 12.5. The lowest BCUT2D eigenvalue weighted by Gasteiger charge is -2.36. The topological polar surface area (TPSA) is 35.6 Å². The SMILES string of the molecule is Cc1ccc(NC(=O)CCN2CCN(c3ccc(F)cc3)CC2)c(C)c1. The van der Waals surface area contributed by atoms with Gasteiger partial charge in [0.2, 0.25) is 5.91 Å². The van der Waals surface area contributed by atoms with Crippen LogP contribution < -0.4 is 10.2 Å². The molecule has 1 aliphatic heterocycles. The molecule has 0 radical (unpaired) electrons. The van der Waals surface area contributed by atoms with E-state index in [-0.39, 0.29) is 11.7 Å². The minimum Gasteiger partial charge on any atom is -0.369 e. The number of nitrogens with one attached hydrogen (secondary N) is 1. The Balaban J connectivity index is 1.43. The molecule has 5 heteroatoms. The van der Waals surface area contributed by atoms with Gasteiger partial charge in [-0.1, -0.05) is 17.7 Å². The van der Waals surface area contributed by atoms with E-state index in [2.05, 4.69) is 21.2 Å². The molecule has 26 heavy (non-hydrogen) atoms. The van der Waals surface area contributed by atoms with Crippen LogP contribution in [-0.4, -0.2) is 43.5 Å². The summed E-state index contributed by atoms with van der Waals surface area (Å²) in [5.41, 5.74) is 4.23. The van der Waals surface area contributed by atoms with Crippen molar-refractivity contribution in [2.45, 2.75) is 20.3 Å². The summed E-state index contributed by atoms with van der Waals surface area (Å²) in [6, 6.07) is 12.7. The maximum Gasteiger partial charge on any atom is 0.225 e. The Morgan fingerprint density at radius 1 is 1.04 bits per heavy atom. The van der Waals surface area contributed by atoms with Gasteiger partial charge in [-0.3, -0.25) is 9.69 Å². The molecule has 1 amide bonds. The monoisotopic (exact) mass is 355 g/mol. The van der Waals surface area contributed by atoms with Crippen LogP contribution in [0.25, 0.3) is 0 Å². The second kappa shape index (κ2) is 8.32. The van der Waals surface area contributed by atoms with Crippen LogP contribution in [0.3, 0.4) is 0 Å². The van der Waals surface area contributed by atoms with E-state index in [1.54, 1.807) is 0 Å². The molecule has 0 atom stereocenters. The predicted octanol–water partition coefficient (Wildman–Crippen LogP) is 3.59. The van der Waals surface area contributed by atoms with Crippen molar-refractivity contribution in [1.82, 2.24) is 4.90 Å². The standard InChI is InChI=1S/C21H26FN3O/c1-16-3-8-20(17(2)15-16)23-21(26)9-10-24-11-13-25(14-12-24)19-6-4-18(22)5-7-19/h3-8,15H,9-14H2,1-2H3,(H,23,26). The average molecular weight is 355 g/mol. The van der Waals surface area contributed by atoms with Crippen molar-refractivity contribution in [3.05, 3.63) is 59.4 Å². The van der Waals surface area contributed by atoms with Crippen molar-refractivity contribution in [2.24, 2.45) is 0 Å². The smallest absolute Gasteiger partial charge is 0.225 e. The zero-order valence-corrected chi connectivity index (χ0v) is 15.5. The van der Waals surface area contributed by atoms with E-state index in [1.807, 2.05) is 38.1 Å². The Bertz CT molecular complexity index is 752. The van der Waals surface area contributed by atoms with Gasteiger partial charge < -0.3 is 10.2 Å². The zero-order valence-electron chi connectivity index (χ0n) is 15.5. The van der Waals surface area contributed by atoms with Gasteiger partial charge in [-0.15, -0.1) is 0 Å². The quantitative estimate of drug-likeness (QED) is 0.890. The fraction of sp³-hybridized carbons (Fsp3) is 0.381. The lowest BCUT2D eigenvalue weighted by atomic mass is 10.1. The molecule has 1 N–H and O–H groups in total. The van der Waals surface area contributed by atoms with E-state index in [9.17, 15) is 9.18 Å². The molecule has 0 spiro atoms. The van der Waals surface area contributed by atoms with Gasteiger partial charge in [-0.05, 0) is 49.7 Å². The van der Waals surface area contributed by atoms with Gasteiger partial charge in [0, 0.05) is 50.5 Å². The Hall–Kier alpha value is -2.40. The van der Waals surface area contributed by atoms with Crippen LogP contribution in [0.15, 0.2) is 42.5 Å². The van der Waals surface area contributed by atoms with Crippen LogP contribution >= 0.6 is 0 Å². The van der Waals surface area contributed by atoms with E-state index in [4.69, 9.17) is 0 Å². The van der Waals surface area contributed by atoms with Crippen LogP contribution in [0.1, 0.15) is 17.5 Å². The van der Waals surface area contributed by atoms with Crippen LogP contribution in [-0.2, 0) is 4.79 Å². The molecule has 1 heterocycles. The molecule has 1 saturated heterocycles. The van der Waals surface area contributed by atoms with Crippen LogP contribution in [0.2, 0.25) is 0 Å². The number of hydrogen-bond acceptors (Lipinski definition) is 3. The maximum atomic E-state index is 13.0. The van der Waals surface area contributed by atoms with Gasteiger partial charge in [0.15, 0.2) is 0 Å². The van der Waals surface area contributed by atoms with Gasteiger partial charge in [0.25, 0.3) is 0 Å². The van der Waals surface area contributed by atoms with Crippen LogP contribution in [0, 0.1) is 19.7 Å². The Morgan fingerprint density at radius 2 is 1.73 bits per heavy atom. The molecule has 0 aromatic heterocycles. The largest absolute Gasteiger partial charge is 0.369 e. The number of rotatable bonds is 5. The van der Waals surface area contributed by atoms with Gasteiger partial charge in [0.05, 0.1) is 0 Å². The second-order valence-corrected chi connectivity index (χ2v) is 6.92. The first kappa shape index (κ1) is 18.4. The van der Waals surface area contributed by atoms with Crippen molar-refractivity contribution in [3.63, 3.8) is 0 Å². The summed E-state index contributed by atoms with van der Waals surface area (Å²) < 4.78 is 13.0. The summed E-state index contributed by atoms with van der Waals surface area (Å²) in [4.78, 5) is 16.8. The number of nitrogens with zero attached hydrogens (tertiary/aromatic N) is 2. The molecule has 2 aromatic rings. The van der Waals surface area contributed by atoms with E-state index in [0.29, 0.717) is 6.42 Å². The molecule has 1 fully saturated rings. The summed E-state index contributed by atoms with van der Waals surface area (Å²) in [6.07, 6.45) is 0.490. The number of carbonyl (C=O) groups excluding carboxylic acids is 1. The van der Waals surface area contributed by atoms with Gasteiger partial charge >= 0.3 is 0 Å². The second-order valence-electron chi connectivity index (χ2n) is 6.92. The fourth-order valence-corrected chi connectivity index (χ4v) is 3.31. The minimum atomic E-state index is -0.206. The maximum absolute atomic E-state index is 13.0. The normalized spacial score (nSPS) is 15.1. The summed E-state index contributed by atoms with van der Waals surface area (Å²) in [5.74, 6) is -0.153. The Kier molecular flexibility index (Phi) is 5.89. The van der Waals surface area contributed by atoms with Crippen molar-refractivity contribution in [1.29, 1.82) is 0 Å². The first-order valence-electron chi connectivity index (χ1n) is 9.11. The van der Waals surface area contributed by atoms with Gasteiger partial charge in [-0.2, -0.15) is 0 Å². The summed E-state index contributed by atoms with van der Waals surface area (Å²) >= 11 is 0. The van der Waals surface area contributed by atoms with E-state index < -0.39 is 0 Å². The van der Waals surface area contributed by atoms with Crippen molar-refractivity contribution in [3.8, 4) is 0 Å². The summed E-state index contributed by atoms with van der Waals surface area (Å²) in [6.45, 7) is 8.42. The molecule has 3 rings (SSSR count). The highest BCUT2D eigenvalue weighted by Gasteiger charge is 2.18. The average Bonchev–Trinajstić information content (AvgIpc) is 2.63. The molecular formula is C21H26FN3O. The van der Waals surface area contributed by atoms with E-state index >= 15 is 0 Å². The fourth-order valence-electron chi connectivity index (χ4n) is 3.31. The number of benzene rings is 2. The number of piperazine rings is 1. The highest BCUT2D eigenvalue weighted by molar-refractivity contribution is 5.91. The summed E-state index contributed by atoms with van der Waals surface area (Å²) in [5, 5.41) is 3.01.